The van der Waals surface area contributed by atoms with E-state index in [0.717, 1.165) is 43.7 Å². The van der Waals surface area contributed by atoms with Gasteiger partial charge in [0.05, 0.1) is 31.9 Å². The van der Waals surface area contributed by atoms with E-state index in [0.29, 0.717) is 31.9 Å². The number of ether oxygens (including phenoxy) is 2. The second kappa shape index (κ2) is 12.3. The van der Waals surface area contributed by atoms with Gasteiger partial charge in [-0.2, -0.15) is 0 Å². The summed E-state index contributed by atoms with van der Waals surface area (Å²) in [5.74, 6) is 1.25. The monoisotopic (exact) mass is 494 g/mol. The van der Waals surface area contributed by atoms with Crippen LogP contribution in [-0.4, -0.2) is 97.1 Å². The SMILES string of the molecule is COc1cccc(CC(C2CCN(C(=O)C(C)N3CCOCC3)CC2)N(C)C(=O)c2cccnc2)c1. The molecule has 2 aliphatic heterocycles. The lowest BCUT2D eigenvalue weighted by molar-refractivity contribution is -0.139. The molecule has 0 N–H and O–H groups in total. The smallest absolute Gasteiger partial charge is 0.255 e. The van der Waals surface area contributed by atoms with Gasteiger partial charge in [-0.3, -0.25) is 19.5 Å². The fourth-order valence-electron chi connectivity index (χ4n) is 5.39. The summed E-state index contributed by atoms with van der Waals surface area (Å²) in [5.41, 5.74) is 1.72. The minimum absolute atomic E-state index is 0.00118. The third-order valence-electron chi connectivity index (χ3n) is 7.65. The summed E-state index contributed by atoms with van der Waals surface area (Å²) in [6, 6.07) is 11.5. The van der Waals surface area contributed by atoms with Crippen LogP contribution < -0.4 is 4.74 Å². The Morgan fingerprint density at radius 3 is 2.56 bits per heavy atom. The Morgan fingerprint density at radius 2 is 1.89 bits per heavy atom. The van der Waals surface area contributed by atoms with Crippen molar-refractivity contribution in [3.63, 3.8) is 0 Å². The number of carbonyl (C=O) groups is 2. The number of likely N-dealkylation sites (N-methyl/N-ethyl adjacent to an activating group) is 1. The number of benzene rings is 1. The second-order valence-corrected chi connectivity index (χ2v) is 9.77. The van der Waals surface area contributed by atoms with Crippen LogP contribution in [-0.2, 0) is 16.0 Å². The molecule has 2 atom stereocenters. The quantitative estimate of drug-likeness (QED) is 0.562. The first-order chi connectivity index (χ1) is 17.5. The van der Waals surface area contributed by atoms with Gasteiger partial charge in [0.1, 0.15) is 5.75 Å². The summed E-state index contributed by atoms with van der Waals surface area (Å²) in [5, 5.41) is 0. The Bertz CT molecular complexity index is 1000. The van der Waals surface area contributed by atoms with Gasteiger partial charge in [-0.1, -0.05) is 12.1 Å². The van der Waals surface area contributed by atoms with Crippen LogP contribution in [0.5, 0.6) is 5.75 Å². The van der Waals surface area contributed by atoms with Crippen molar-refractivity contribution < 1.29 is 19.1 Å². The fraction of sp³-hybridized carbons (Fsp3) is 0.536. The number of pyridine rings is 1. The number of morpholine rings is 1. The van der Waals surface area contributed by atoms with E-state index in [2.05, 4.69) is 16.0 Å². The lowest BCUT2D eigenvalue weighted by Gasteiger charge is -2.42. The second-order valence-electron chi connectivity index (χ2n) is 9.77. The molecule has 0 radical (unpaired) electrons. The lowest BCUT2D eigenvalue weighted by atomic mass is 9.84. The zero-order chi connectivity index (χ0) is 25.5. The van der Waals surface area contributed by atoms with Crippen LogP contribution in [0.25, 0.3) is 0 Å². The minimum atomic E-state index is -0.132. The number of likely N-dealkylation sites (tertiary alicyclic amines) is 1. The highest BCUT2D eigenvalue weighted by atomic mass is 16.5. The molecule has 2 saturated heterocycles. The molecule has 0 spiro atoms. The Labute approximate surface area is 214 Å². The molecule has 2 aliphatic rings. The van der Waals surface area contributed by atoms with Crippen LogP contribution in [0, 0.1) is 5.92 Å². The number of hydrogen-bond donors (Lipinski definition) is 0. The van der Waals surface area contributed by atoms with Crippen LogP contribution >= 0.6 is 0 Å². The van der Waals surface area contributed by atoms with Gasteiger partial charge < -0.3 is 19.3 Å². The standard InChI is InChI=1S/C28H38N4O4/c1-21(31-14-16-36-17-15-31)27(33)32-12-9-23(10-13-32)26(19-22-6-4-8-25(18-22)35-3)30(2)28(34)24-7-5-11-29-20-24/h4-8,11,18,20-21,23,26H,9-10,12-17,19H2,1-3H3. The molecule has 0 bridgehead atoms. The maximum atomic E-state index is 13.4. The van der Waals surface area contributed by atoms with Gasteiger partial charge in [0.15, 0.2) is 0 Å². The van der Waals surface area contributed by atoms with E-state index in [1.54, 1.807) is 25.6 Å². The first-order valence-corrected chi connectivity index (χ1v) is 12.9. The van der Waals surface area contributed by atoms with Crippen molar-refractivity contribution in [2.75, 3.05) is 53.6 Å². The molecule has 0 aliphatic carbocycles. The van der Waals surface area contributed by atoms with Crippen molar-refractivity contribution in [3.05, 3.63) is 59.9 Å². The summed E-state index contributed by atoms with van der Waals surface area (Å²) in [4.78, 5) is 36.8. The zero-order valence-corrected chi connectivity index (χ0v) is 21.6. The average Bonchev–Trinajstić information content (AvgIpc) is 2.95. The van der Waals surface area contributed by atoms with E-state index >= 15 is 0 Å². The highest BCUT2D eigenvalue weighted by Gasteiger charge is 2.35. The van der Waals surface area contributed by atoms with Gasteiger partial charge in [0.25, 0.3) is 5.91 Å². The summed E-state index contributed by atoms with van der Waals surface area (Å²) in [6.45, 7) is 6.39. The third kappa shape index (κ3) is 6.23. The van der Waals surface area contributed by atoms with Crippen LogP contribution in [0.15, 0.2) is 48.8 Å². The number of hydrogen-bond acceptors (Lipinski definition) is 6. The van der Waals surface area contributed by atoms with Crippen molar-refractivity contribution in [1.82, 2.24) is 19.7 Å². The van der Waals surface area contributed by atoms with E-state index in [9.17, 15) is 9.59 Å². The molecule has 2 unspecified atom stereocenters. The van der Waals surface area contributed by atoms with Gasteiger partial charge in [-0.15, -0.1) is 0 Å². The number of methoxy groups -OCH3 is 1. The highest BCUT2D eigenvalue weighted by molar-refractivity contribution is 5.94. The van der Waals surface area contributed by atoms with Crippen LogP contribution in [0.4, 0.5) is 0 Å². The highest BCUT2D eigenvalue weighted by Crippen LogP contribution is 2.29. The molecule has 8 nitrogen and oxygen atoms in total. The molecule has 1 aromatic heterocycles. The zero-order valence-electron chi connectivity index (χ0n) is 21.6. The molecular formula is C28H38N4O4. The Balaban J connectivity index is 1.46. The molecule has 4 rings (SSSR count). The van der Waals surface area contributed by atoms with Gasteiger partial charge in [0, 0.05) is 51.7 Å². The number of aromatic nitrogens is 1. The van der Waals surface area contributed by atoms with Crippen LogP contribution in [0.3, 0.4) is 0 Å². The molecule has 0 saturated carbocycles. The summed E-state index contributed by atoms with van der Waals surface area (Å²) >= 11 is 0. The molecule has 3 heterocycles. The average molecular weight is 495 g/mol. The maximum absolute atomic E-state index is 13.4. The lowest BCUT2D eigenvalue weighted by Crippen LogP contribution is -2.54. The van der Waals surface area contributed by atoms with Crippen molar-refractivity contribution in [1.29, 1.82) is 0 Å². The number of rotatable bonds is 8. The Hall–Kier alpha value is -2.97. The van der Waals surface area contributed by atoms with E-state index in [1.165, 1.54) is 0 Å². The van der Waals surface area contributed by atoms with Crippen molar-refractivity contribution >= 4 is 11.8 Å². The van der Waals surface area contributed by atoms with Crippen molar-refractivity contribution in [2.45, 2.75) is 38.3 Å². The van der Waals surface area contributed by atoms with Crippen molar-refractivity contribution in [3.8, 4) is 5.75 Å². The summed E-state index contributed by atoms with van der Waals surface area (Å²) in [7, 11) is 3.55. The number of amides is 2. The minimum Gasteiger partial charge on any atom is -0.497 e. The van der Waals surface area contributed by atoms with E-state index in [4.69, 9.17) is 9.47 Å². The number of carbonyl (C=O) groups excluding carboxylic acids is 2. The number of nitrogens with zero attached hydrogens (tertiary/aromatic N) is 4. The summed E-state index contributed by atoms with van der Waals surface area (Å²) in [6.07, 6.45) is 5.75. The normalized spacial score (nSPS) is 18.9. The first-order valence-electron chi connectivity index (χ1n) is 12.9. The van der Waals surface area contributed by atoms with Gasteiger partial charge in [-0.25, -0.2) is 0 Å². The Morgan fingerprint density at radius 1 is 1.14 bits per heavy atom. The molecule has 36 heavy (non-hydrogen) atoms. The topological polar surface area (TPSA) is 75.2 Å². The van der Waals surface area contributed by atoms with Crippen molar-refractivity contribution in [2.24, 2.45) is 5.92 Å². The largest absolute Gasteiger partial charge is 0.497 e. The molecule has 8 heteroatoms. The number of piperidine rings is 1. The molecule has 2 amide bonds. The van der Waals surface area contributed by atoms with E-state index < -0.39 is 0 Å². The van der Waals surface area contributed by atoms with Gasteiger partial charge in [-0.05, 0) is 61.9 Å². The van der Waals surface area contributed by atoms with Crippen LogP contribution in [0.1, 0.15) is 35.7 Å². The molecule has 2 fully saturated rings. The van der Waals surface area contributed by atoms with Gasteiger partial charge >= 0.3 is 0 Å². The predicted octanol–water partition coefficient (Wildman–Crippen LogP) is 2.73. The maximum Gasteiger partial charge on any atom is 0.255 e. The van der Waals surface area contributed by atoms with Gasteiger partial charge in [0.2, 0.25) is 5.91 Å². The van der Waals surface area contributed by atoms with Crippen LogP contribution in [0.2, 0.25) is 0 Å². The third-order valence-corrected chi connectivity index (χ3v) is 7.65. The predicted molar refractivity (Wildman–Crippen MR) is 138 cm³/mol. The van der Waals surface area contributed by atoms with E-state index in [-0.39, 0.29) is 29.8 Å². The van der Waals surface area contributed by atoms with E-state index in [1.807, 2.05) is 48.0 Å². The molecule has 2 aromatic rings. The molecule has 1 aromatic carbocycles. The first kappa shape index (κ1) is 26.1. The molecule has 194 valence electrons. The Kier molecular flexibility index (Phi) is 8.93. The molecular weight excluding hydrogens is 456 g/mol. The summed E-state index contributed by atoms with van der Waals surface area (Å²) < 4.78 is 10.9. The fourth-order valence-corrected chi connectivity index (χ4v) is 5.39.